The Labute approximate surface area is 124 Å². The fourth-order valence-corrected chi connectivity index (χ4v) is 2.58. The number of fused-ring (bicyclic) bond motifs is 1. The van der Waals surface area contributed by atoms with Crippen LogP contribution in [-0.4, -0.2) is 36.8 Å². The van der Waals surface area contributed by atoms with Crippen molar-refractivity contribution in [3.63, 3.8) is 0 Å². The number of hydrogen-bond acceptors (Lipinski definition) is 4. The molecule has 0 amide bonds. The molecule has 0 bridgehead atoms. The third-order valence-electron chi connectivity index (χ3n) is 3.30. The molecule has 1 aromatic carbocycles. The monoisotopic (exact) mass is 309 g/mol. The van der Waals surface area contributed by atoms with E-state index in [-0.39, 0.29) is 6.10 Å². The van der Waals surface area contributed by atoms with Gasteiger partial charge in [-0.1, -0.05) is 0 Å². The molecule has 0 saturated carbocycles. The van der Waals surface area contributed by atoms with E-state index in [1.54, 1.807) is 12.3 Å². The summed E-state index contributed by atoms with van der Waals surface area (Å²) in [6, 6.07) is 5.39. The Morgan fingerprint density at radius 2 is 1.90 bits per heavy atom. The first-order valence-electron chi connectivity index (χ1n) is 6.71. The van der Waals surface area contributed by atoms with Crippen molar-refractivity contribution in [2.45, 2.75) is 32.1 Å². The first-order chi connectivity index (χ1) is 9.70. The molecule has 0 spiro atoms. The van der Waals surface area contributed by atoms with E-state index < -0.39 is 20.9 Å². The summed E-state index contributed by atoms with van der Waals surface area (Å²) in [5, 5.41) is -0.389. The van der Waals surface area contributed by atoms with Gasteiger partial charge in [0.2, 0.25) is 0 Å². The topological polar surface area (TPSA) is 76.2 Å². The maximum Gasteiger partial charge on any atom is 0.182 e. The van der Waals surface area contributed by atoms with Crippen LogP contribution in [-0.2, 0) is 9.84 Å². The minimum atomic E-state index is -3.42. The van der Waals surface area contributed by atoms with Gasteiger partial charge in [0.1, 0.15) is 11.0 Å². The second-order valence-electron chi connectivity index (χ2n) is 5.41. The van der Waals surface area contributed by atoms with Crippen LogP contribution in [0, 0.1) is 0 Å². The SMILES string of the molecule is CC(C)Oc1ccc2[nH]cc(C(=O)C(C)S(C)(=O)=O)c2c1. The molecule has 1 N–H and O–H groups in total. The predicted molar refractivity (Wildman–Crippen MR) is 82.7 cm³/mol. The minimum absolute atomic E-state index is 0.0236. The molecule has 0 aliphatic heterocycles. The molecule has 1 aromatic heterocycles. The van der Waals surface area contributed by atoms with Crippen LogP contribution in [0.1, 0.15) is 31.1 Å². The Morgan fingerprint density at radius 1 is 1.24 bits per heavy atom. The summed E-state index contributed by atoms with van der Waals surface area (Å²) in [6.45, 7) is 5.24. The number of aromatic nitrogens is 1. The fraction of sp³-hybridized carbons (Fsp3) is 0.400. The van der Waals surface area contributed by atoms with Gasteiger partial charge in [-0.2, -0.15) is 0 Å². The Bertz CT molecular complexity index is 774. The largest absolute Gasteiger partial charge is 0.491 e. The molecule has 5 nitrogen and oxygen atoms in total. The van der Waals surface area contributed by atoms with Gasteiger partial charge in [-0.15, -0.1) is 0 Å². The predicted octanol–water partition coefficient (Wildman–Crippen LogP) is 2.57. The molecule has 2 rings (SSSR count). The maximum atomic E-state index is 12.4. The lowest BCUT2D eigenvalue weighted by atomic mass is 10.1. The van der Waals surface area contributed by atoms with Gasteiger partial charge in [0.15, 0.2) is 15.6 Å². The highest BCUT2D eigenvalue weighted by Gasteiger charge is 2.26. The molecular formula is C15H19NO4S. The highest BCUT2D eigenvalue weighted by molar-refractivity contribution is 7.92. The summed E-state index contributed by atoms with van der Waals surface area (Å²) < 4.78 is 28.7. The van der Waals surface area contributed by atoms with Gasteiger partial charge in [-0.05, 0) is 39.0 Å². The average Bonchev–Trinajstić information content (AvgIpc) is 2.78. The van der Waals surface area contributed by atoms with Crippen molar-refractivity contribution in [2.75, 3.05) is 6.26 Å². The third kappa shape index (κ3) is 3.26. The standard InChI is InChI=1S/C15H19NO4S/c1-9(2)20-11-5-6-14-12(7-11)13(8-16-14)15(17)10(3)21(4,18)19/h5-10,16H,1-4H3. The molecule has 2 aromatic rings. The number of H-pyrrole nitrogens is 1. The number of ether oxygens (including phenoxy) is 1. The first kappa shape index (κ1) is 15.6. The van der Waals surface area contributed by atoms with Gasteiger partial charge in [0.05, 0.1) is 6.10 Å². The molecule has 1 heterocycles. The van der Waals surface area contributed by atoms with E-state index in [0.29, 0.717) is 16.7 Å². The van der Waals surface area contributed by atoms with Gasteiger partial charge < -0.3 is 9.72 Å². The van der Waals surface area contributed by atoms with Crippen LogP contribution >= 0.6 is 0 Å². The van der Waals surface area contributed by atoms with Crippen LogP contribution in [0.2, 0.25) is 0 Å². The van der Waals surface area contributed by atoms with Gasteiger partial charge in [-0.3, -0.25) is 4.79 Å². The number of ketones is 1. The fourth-order valence-electron chi connectivity index (χ4n) is 2.06. The lowest BCUT2D eigenvalue weighted by Gasteiger charge is -2.10. The second kappa shape index (κ2) is 5.52. The van der Waals surface area contributed by atoms with Gasteiger partial charge >= 0.3 is 0 Å². The normalized spacial score (nSPS) is 13.6. The molecule has 1 atom stereocenters. The maximum absolute atomic E-state index is 12.4. The zero-order chi connectivity index (χ0) is 15.8. The average molecular weight is 309 g/mol. The minimum Gasteiger partial charge on any atom is -0.491 e. The Morgan fingerprint density at radius 3 is 2.48 bits per heavy atom. The molecule has 0 radical (unpaired) electrons. The Balaban J connectivity index is 2.47. The molecule has 6 heteroatoms. The number of sulfone groups is 1. The number of Topliss-reactive ketones (excluding diaryl/α,β-unsaturated/α-hetero) is 1. The molecule has 0 saturated heterocycles. The van der Waals surface area contributed by atoms with Crippen molar-refractivity contribution in [1.82, 2.24) is 4.98 Å². The molecular weight excluding hydrogens is 290 g/mol. The van der Waals surface area contributed by atoms with Crippen LogP contribution in [0.15, 0.2) is 24.4 Å². The highest BCUT2D eigenvalue weighted by Crippen LogP contribution is 2.26. The first-order valence-corrected chi connectivity index (χ1v) is 8.66. The summed E-state index contributed by atoms with van der Waals surface area (Å²) in [5.74, 6) is 0.239. The van der Waals surface area contributed by atoms with Crippen molar-refractivity contribution in [2.24, 2.45) is 0 Å². The summed E-state index contributed by atoms with van der Waals surface area (Å²) in [4.78, 5) is 15.3. The smallest absolute Gasteiger partial charge is 0.182 e. The zero-order valence-corrected chi connectivity index (χ0v) is 13.3. The van der Waals surface area contributed by atoms with Crippen molar-refractivity contribution < 1.29 is 17.9 Å². The van der Waals surface area contributed by atoms with Crippen LogP contribution < -0.4 is 4.74 Å². The Kier molecular flexibility index (Phi) is 4.09. The zero-order valence-electron chi connectivity index (χ0n) is 12.5. The van der Waals surface area contributed by atoms with E-state index in [2.05, 4.69) is 4.98 Å². The quantitative estimate of drug-likeness (QED) is 0.861. The Hall–Kier alpha value is -1.82. The van der Waals surface area contributed by atoms with Crippen molar-refractivity contribution >= 4 is 26.5 Å². The van der Waals surface area contributed by atoms with Crippen LogP contribution in [0.25, 0.3) is 10.9 Å². The molecule has 1 unspecified atom stereocenters. The molecule has 114 valence electrons. The number of hydrogen-bond donors (Lipinski definition) is 1. The number of benzene rings is 1. The number of nitrogens with one attached hydrogen (secondary N) is 1. The van der Waals surface area contributed by atoms with Gasteiger partial charge in [-0.25, -0.2) is 8.42 Å². The lowest BCUT2D eigenvalue weighted by molar-refractivity contribution is 0.0993. The van der Waals surface area contributed by atoms with Gasteiger partial charge in [0.25, 0.3) is 0 Å². The summed E-state index contributed by atoms with van der Waals surface area (Å²) in [7, 11) is -3.42. The summed E-state index contributed by atoms with van der Waals surface area (Å²) in [5.41, 5.74) is 1.15. The number of carbonyl (C=O) groups is 1. The lowest BCUT2D eigenvalue weighted by Crippen LogP contribution is -2.26. The van der Waals surface area contributed by atoms with Crippen LogP contribution in [0.3, 0.4) is 0 Å². The molecule has 0 fully saturated rings. The molecule has 21 heavy (non-hydrogen) atoms. The summed E-state index contributed by atoms with van der Waals surface area (Å²) >= 11 is 0. The van der Waals surface area contributed by atoms with E-state index in [1.165, 1.54) is 6.92 Å². The third-order valence-corrected chi connectivity index (χ3v) is 4.80. The molecule has 0 aliphatic carbocycles. The second-order valence-corrected chi connectivity index (χ2v) is 7.78. The van der Waals surface area contributed by atoms with Crippen LogP contribution in [0.4, 0.5) is 0 Å². The number of rotatable bonds is 5. The summed E-state index contributed by atoms with van der Waals surface area (Å²) in [6.07, 6.45) is 2.64. The number of aromatic amines is 1. The van der Waals surface area contributed by atoms with Crippen molar-refractivity contribution in [1.29, 1.82) is 0 Å². The van der Waals surface area contributed by atoms with E-state index in [9.17, 15) is 13.2 Å². The van der Waals surface area contributed by atoms with E-state index in [0.717, 1.165) is 11.8 Å². The van der Waals surface area contributed by atoms with E-state index in [4.69, 9.17) is 4.74 Å². The number of carbonyl (C=O) groups excluding carboxylic acids is 1. The van der Waals surface area contributed by atoms with Crippen LogP contribution in [0.5, 0.6) is 5.75 Å². The van der Waals surface area contributed by atoms with Gasteiger partial charge in [0, 0.05) is 28.9 Å². The highest BCUT2D eigenvalue weighted by atomic mass is 32.2. The molecule has 0 aliphatic rings. The van der Waals surface area contributed by atoms with Crippen molar-refractivity contribution in [3.05, 3.63) is 30.0 Å². The van der Waals surface area contributed by atoms with E-state index in [1.807, 2.05) is 26.0 Å². The van der Waals surface area contributed by atoms with Crippen molar-refractivity contribution in [3.8, 4) is 5.75 Å². The van der Waals surface area contributed by atoms with E-state index >= 15 is 0 Å².